The van der Waals surface area contributed by atoms with Crippen molar-refractivity contribution in [1.82, 2.24) is 5.32 Å². The minimum absolute atomic E-state index is 0.186. The number of ether oxygens (including phenoxy) is 1. The third kappa shape index (κ3) is 3.91. The molecule has 0 spiro atoms. The van der Waals surface area contributed by atoms with Gasteiger partial charge in [0.2, 0.25) is 0 Å². The average Bonchev–Trinajstić information content (AvgIpc) is 2.16. The zero-order valence-electron chi connectivity index (χ0n) is 7.93. The SMILES string of the molecule is CC(O)CNC(=O)Oc1ccccc1. The molecule has 1 amide bonds. The van der Waals surface area contributed by atoms with Gasteiger partial charge < -0.3 is 15.2 Å². The van der Waals surface area contributed by atoms with Gasteiger partial charge in [-0.25, -0.2) is 4.79 Å². The molecule has 0 bridgehead atoms. The molecule has 0 fully saturated rings. The Morgan fingerprint density at radius 1 is 1.50 bits per heavy atom. The summed E-state index contributed by atoms with van der Waals surface area (Å²) in [6, 6.07) is 8.75. The molecule has 2 N–H and O–H groups in total. The summed E-state index contributed by atoms with van der Waals surface area (Å²) in [5.41, 5.74) is 0. The molecular formula is C10H13NO3. The van der Waals surface area contributed by atoms with Crippen LogP contribution in [-0.4, -0.2) is 23.8 Å². The fourth-order valence-corrected chi connectivity index (χ4v) is 0.863. The molecule has 0 aliphatic carbocycles. The summed E-state index contributed by atoms with van der Waals surface area (Å²) in [7, 11) is 0. The number of rotatable bonds is 3. The van der Waals surface area contributed by atoms with E-state index in [2.05, 4.69) is 5.32 Å². The molecule has 4 nitrogen and oxygen atoms in total. The van der Waals surface area contributed by atoms with Crippen LogP contribution in [0.1, 0.15) is 6.92 Å². The maximum absolute atomic E-state index is 11.1. The van der Waals surface area contributed by atoms with E-state index >= 15 is 0 Å². The van der Waals surface area contributed by atoms with E-state index in [1.165, 1.54) is 0 Å². The van der Waals surface area contributed by atoms with E-state index in [9.17, 15) is 4.79 Å². The van der Waals surface area contributed by atoms with E-state index in [1.54, 1.807) is 31.2 Å². The summed E-state index contributed by atoms with van der Waals surface area (Å²) in [5.74, 6) is 0.482. The molecule has 0 saturated carbocycles. The highest BCUT2D eigenvalue weighted by atomic mass is 16.6. The number of aliphatic hydroxyl groups is 1. The van der Waals surface area contributed by atoms with Crippen molar-refractivity contribution in [3.63, 3.8) is 0 Å². The minimum atomic E-state index is -0.571. The Kier molecular flexibility index (Phi) is 3.94. The molecule has 1 rings (SSSR count). The van der Waals surface area contributed by atoms with Gasteiger partial charge in [0.1, 0.15) is 5.75 Å². The van der Waals surface area contributed by atoms with Gasteiger partial charge in [-0.05, 0) is 19.1 Å². The molecule has 1 unspecified atom stereocenters. The molecule has 0 aliphatic heterocycles. The van der Waals surface area contributed by atoms with Crippen molar-refractivity contribution in [2.45, 2.75) is 13.0 Å². The Morgan fingerprint density at radius 3 is 2.71 bits per heavy atom. The number of carbonyl (C=O) groups excluding carboxylic acids is 1. The summed E-state index contributed by atoms with van der Waals surface area (Å²) in [6.45, 7) is 1.77. The number of benzene rings is 1. The zero-order valence-corrected chi connectivity index (χ0v) is 7.93. The van der Waals surface area contributed by atoms with Gasteiger partial charge in [0.15, 0.2) is 0 Å². The van der Waals surface area contributed by atoms with Crippen LogP contribution >= 0.6 is 0 Å². The first-order valence-electron chi connectivity index (χ1n) is 4.37. The first kappa shape index (κ1) is 10.5. The molecule has 0 radical (unpaired) electrons. The second-order valence-corrected chi connectivity index (χ2v) is 2.93. The predicted molar refractivity (Wildman–Crippen MR) is 52.1 cm³/mol. The van der Waals surface area contributed by atoms with Crippen LogP contribution in [0.15, 0.2) is 30.3 Å². The van der Waals surface area contributed by atoms with Gasteiger partial charge in [-0.1, -0.05) is 18.2 Å². The molecule has 1 aromatic rings. The van der Waals surface area contributed by atoms with Crippen LogP contribution in [0.3, 0.4) is 0 Å². The Bertz CT molecular complexity index is 285. The number of amides is 1. The summed E-state index contributed by atoms with van der Waals surface area (Å²) in [5, 5.41) is 11.3. The van der Waals surface area contributed by atoms with Crippen molar-refractivity contribution in [3.05, 3.63) is 30.3 Å². The van der Waals surface area contributed by atoms with E-state index in [-0.39, 0.29) is 6.54 Å². The van der Waals surface area contributed by atoms with Crippen molar-refractivity contribution in [2.75, 3.05) is 6.54 Å². The fourth-order valence-electron chi connectivity index (χ4n) is 0.863. The van der Waals surface area contributed by atoms with E-state index < -0.39 is 12.2 Å². The molecule has 0 aliphatic rings. The van der Waals surface area contributed by atoms with Gasteiger partial charge in [0, 0.05) is 6.54 Å². The van der Waals surface area contributed by atoms with Crippen LogP contribution < -0.4 is 10.1 Å². The number of hydrogen-bond donors (Lipinski definition) is 2. The summed E-state index contributed by atoms with van der Waals surface area (Å²) in [4.78, 5) is 11.1. The molecule has 0 saturated heterocycles. The smallest absolute Gasteiger partial charge is 0.410 e. The number of nitrogens with one attached hydrogen (secondary N) is 1. The lowest BCUT2D eigenvalue weighted by Crippen LogP contribution is -2.32. The third-order valence-electron chi connectivity index (χ3n) is 1.50. The molecule has 4 heteroatoms. The van der Waals surface area contributed by atoms with Crippen molar-refractivity contribution >= 4 is 6.09 Å². The van der Waals surface area contributed by atoms with Gasteiger partial charge in [0.05, 0.1) is 6.10 Å². The third-order valence-corrected chi connectivity index (χ3v) is 1.50. The second-order valence-electron chi connectivity index (χ2n) is 2.93. The Labute approximate surface area is 82.5 Å². The topological polar surface area (TPSA) is 58.6 Å². The summed E-state index contributed by atoms with van der Waals surface area (Å²) in [6.07, 6.45) is -1.13. The predicted octanol–water partition coefficient (Wildman–Crippen LogP) is 1.16. The highest BCUT2D eigenvalue weighted by Gasteiger charge is 2.04. The summed E-state index contributed by atoms with van der Waals surface area (Å²) < 4.78 is 4.90. The number of aliphatic hydroxyl groups excluding tert-OH is 1. The van der Waals surface area contributed by atoms with E-state index in [0.717, 1.165) is 0 Å². The Balaban J connectivity index is 2.35. The first-order valence-corrected chi connectivity index (χ1v) is 4.37. The normalized spacial score (nSPS) is 11.9. The highest BCUT2D eigenvalue weighted by molar-refractivity contribution is 5.70. The lowest BCUT2D eigenvalue weighted by atomic mass is 10.3. The molecule has 0 heterocycles. The molecule has 1 atom stereocenters. The number of carbonyl (C=O) groups is 1. The van der Waals surface area contributed by atoms with Crippen molar-refractivity contribution < 1.29 is 14.6 Å². The van der Waals surface area contributed by atoms with Crippen LogP contribution in [0.5, 0.6) is 5.75 Å². The largest absolute Gasteiger partial charge is 0.412 e. The number of hydrogen-bond acceptors (Lipinski definition) is 3. The van der Waals surface area contributed by atoms with Gasteiger partial charge in [-0.3, -0.25) is 0 Å². The molecule has 0 aromatic heterocycles. The maximum Gasteiger partial charge on any atom is 0.412 e. The first-order chi connectivity index (χ1) is 6.68. The number of para-hydroxylation sites is 1. The second kappa shape index (κ2) is 5.24. The quantitative estimate of drug-likeness (QED) is 0.760. The van der Waals surface area contributed by atoms with E-state index in [0.29, 0.717) is 5.75 Å². The fraction of sp³-hybridized carbons (Fsp3) is 0.300. The van der Waals surface area contributed by atoms with Gasteiger partial charge in [-0.2, -0.15) is 0 Å². The van der Waals surface area contributed by atoms with Gasteiger partial charge in [0.25, 0.3) is 0 Å². The Hall–Kier alpha value is -1.55. The minimum Gasteiger partial charge on any atom is -0.410 e. The van der Waals surface area contributed by atoms with Crippen LogP contribution in [0.4, 0.5) is 4.79 Å². The van der Waals surface area contributed by atoms with E-state index in [4.69, 9.17) is 9.84 Å². The summed E-state index contributed by atoms with van der Waals surface area (Å²) >= 11 is 0. The maximum atomic E-state index is 11.1. The van der Waals surface area contributed by atoms with Crippen molar-refractivity contribution in [3.8, 4) is 5.75 Å². The lowest BCUT2D eigenvalue weighted by molar-refractivity contribution is 0.172. The van der Waals surface area contributed by atoms with Crippen molar-refractivity contribution in [2.24, 2.45) is 0 Å². The zero-order chi connectivity index (χ0) is 10.4. The van der Waals surface area contributed by atoms with Crippen LogP contribution in [0.25, 0.3) is 0 Å². The molecule has 1 aromatic carbocycles. The van der Waals surface area contributed by atoms with Gasteiger partial charge >= 0.3 is 6.09 Å². The van der Waals surface area contributed by atoms with Crippen LogP contribution in [0, 0.1) is 0 Å². The van der Waals surface area contributed by atoms with E-state index in [1.807, 2.05) is 6.07 Å². The lowest BCUT2D eigenvalue weighted by Gasteiger charge is -2.07. The average molecular weight is 195 g/mol. The van der Waals surface area contributed by atoms with Crippen LogP contribution in [-0.2, 0) is 0 Å². The standard InChI is InChI=1S/C10H13NO3/c1-8(12)7-11-10(13)14-9-5-3-2-4-6-9/h2-6,8,12H,7H2,1H3,(H,11,13). The molecule has 76 valence electrons. The monoisotopic (exact) mass is 195 g/mol. The van der Waals surface area contributed by atoms with Crippen LogP contribution in [0.2, 0.25) is 0 Å². The molecule has 14 heavy (non-hydrogen) atoms. The highest BCUT2D eigenvalue weighted by Crippen LogP contribution is 2.07. The van der Waals surface area contributed by atoms with Gasteiger partial charge in [-0.15, -0.1) is 0 Å². The van der Waals surface area contributed by atoms with Crippen molar-refractivity contribution in [1.29, 1.82) is 0 Å². The molecular weight excluding hydrogens is 182 g/mol. The Morgan fingerprint density at radius 2 is 2.14 bits per heavy atom.